The minimum atomic E-state index is 0.364. The van der Waals surface area contributed by atoms with Crippen LogP contribution in [0, 0.1) is 0 Å². The van der Waals surface area contributed by atoms with Gasteiger partial charge in [0.2, 0.25) is 5.89 Å². The molecule has 0 unspecified atom stereocenters. The highest BCUT2D eigenvalue weighted by molar-refractivity contribution is 5.03. The van der Waals surface area contributed by atoms with Gasteiger partial charge in [0.1, 0.15) is 0 Å². The van der Waals surface area contributed by atoms with Crippen molar-refractivity contribution >= 4 is 0 Å². The molecule has 0 aliphatic carbocycles. The summed E-state index contributed by atoms with van der Waals surface area (Å²) in [6.45, 7) is 2.68. The van der Waals surface area contributed by atoms with Crippen LogP contribution in [0.4, 0.5) is 0 Å². The zero-order valence-corrected chi connectivity index (χ0v) is 8.72. The molecular weight excluding hydrogens is 192 g/mol. The van der Waals surface area contributed by atoms with Crippen LogP contribution in [0.25, 0.3) is 0 Å². The van der Waals surface area contributed by atoms with E-state index in [0.717, 1.165) is 18.5 Å². The first-order valence-corrected chi connectivity index (χ1v) is 5.63. The van der Waals surface area contributed by atoms with E-state index < -0.39 is 0 Å². The summed E-state index contributed by atoms with van der Waals surface area (Å²) >= 11 is 0. The van der Waals surface area contributed by atoms with E-state index in [2.05, 4.69) is 15.0 Å². The fourth-order valence-corrected chi connectivity index (χ4v) is 2.78. The monoisotopic (exact) mass is 208 g/mol. The number of hydrogen-bond acceptors (Lipinski definition) is 5. The molecule has 2 N–H and O–H groups in total. The first-order valence-electron chi connectivity index (χ1n) is 5.63. The summed E-state index contributed by atoms with van der Waals surface area (Å²) in [5.74, 6) is 1.84. The molecule has 5 heteroatoms. The molecule has 2 fully saturated rings. The van der Waals surface area contributed by atoms with Gasteiger partial charge in [0, 0.05) is 12.6 Å². The van der Waals surface area contributed by atoms with Crippen LogP contribution < -0.4 is 5.73 Å². The molecule has 0 bridgehead atoms. The van der Waals surface area contributed by atoms with E-state index >= 15 is 0 Å². The van der Waals surface area contributed by atoms with Gasteiger partial charge in [-0.05, 0) is 25.8 Å². The largest absolute Gasteiger partial charge is 0.339 e. The van der Waals surface area contributed by atoms with Crippen molar-refractivity contribution in [1.82, 2.24) is 15.0 Å². The van der Waals surface area contributed by atoms with Crippen molar-refractivity contribution in [3.63, 3.8) is 0 Å². The van der Waals surface area contributed by atoms with Gasteiger partial charge in [-0.25, -0.2) is 0 Å². The van der Waals surface area contributed by atoms with Crippen LogP contribution in [0.1, 0.15) is 36.9 Å². The first kappa shape index (κ1) is 9.30. The summed E-state index contributed by atoms with van der Waals surface area (Å²) in [6, 6.07) is 0.753. The molecule has 82 valence electrons. The van der Waals surface area contributed by atoms with Crippen LogP contribution in [0.3, 0.4) is 0 Å². The smallest absolute Gasteiger partial charge is 0.231 e. The van der Waals surface area contributed by atoms with Crippen molar-refractivity contribution in [2.45, 2.75) is 37.8 Å². The standard InChI is InChI=1S/C10H16N4O/c11-5-9-12-10(15-13-9)7-4-8-2-1-3-14(8)6-7/h7-8H,1-6,11H2/t7-,8-/m0/s1. The van der Waals surface area contributed by atoms with Gasteiger partial charge in [-0.3, -0.25) is 4.90 Å². The van der Waals surface area contributed by atoms with Gasteiger partial charge in [-0.1, -0.05) is 5.16 Å². The number of rotatable bonds is 2. The molecule has 2 saturated heterocycles. The molecule has 1 aromatic rings. The maximum atomic E-state index is 5.46. The average molecular weight is 208 g/mol. The molecule has 3 heterocycles. The fraction of sp³-hybridized carbons (Fsp3) is 0.800. The summed E-state index contributed by atoms with van der Waals surface area (Å²) in [5, 5.41) is 3.84. The molecule has 0 amide bonds. The highest BCUT2D eigenvalue weighted by atomic mass is 16.5. The van der Waals surface area contributed by atoms with Crippen molar-refractivity contribution in [2.24, 2.45) is 5.73 Å². The van der Waals surface area contributed by atoms with E-state index in [1.54, 1.807) is 0 Å². The third kappa shape index (κ3) is 1.55. The Kier molecular flexibility index (Phi) is 2.21. The second-order valence-corrected chi connectivity index (χ2v) is 4.48. The second-order valence-electron chi connectivity index (χ2n) is 4.48. The Morgan fingerprint density at radius 1 is 1.53 bits per heavy atom. The zero-order chi connectivity index (χ0) is 10.3. The minimum Gasteiger partial charge on any atom is -0.339 e. The Morgan fingerprint density at radius 2 is 2.47 bits per heavy atom. The maximum absolute atomic E-state index is 5.46. The molecule has 1 aromatic heterocycles. The maximum Gasteiger partial charge on any atom is 0.231 e. The van der Waals surface area contributed by atoms with E-state index in [1.165, 1.54) is 25.8 Å². The number of aromatic nitrogens is 2. The Labute approximate surface area is 88.6 Å². The highest BCUT2D eigenvalue weighted by Gasteiger charge is 2.38. The van der Waals surface area contributed by atoms with Crippen molar-refractivity contribution < 1.29 is 4.52 Å². The van der Waals surface area contributed by atoms with Crippen LogP contribution >= 0.6 is 0 Å². The topological polar surface area (TPSA) is 68.2 Å². The second kappa shape index (κ2) is 3.57. The van der Waals surface area contributed by atoms with E-state index in [0.29, 0.717) is 18.3 Å². The van der Waals surface area contributed by atoms with Crippen LogP contribution in [0.15, 0.2) is 4.52 Å². The zero-order valence-electron chi connectivity index (χ0n) is 8.72. The van der Waals surface area contributed by atoms with Crippen LogP contribution in [-0.4, -0.2) is 34.2 Å². The van der Waals surface area contributed by atoms with Crippen molar-refractivity contribution in [1.29, 1.82) is 0 Å². The Morgan fingerprint density at radius 3 is 3.20 bits per heavy atom. The van der Waals surface area contributed by atoms with Gasteiger partial charge < -0.3 is 10.3 Å². The van der Waals surface area contributed by atoms with Crippen LogP contribution in [-0.2, 0) is 6.54 Å². The van der Waals surface area contributed by atoms with E-state index in [9.17, 15) is 0 Å². The molecule has 2 atom stereocenters. The lowest BCUT2D eigenvalue weighted by atomic mass is 10.0. The van der Waals surface area contributed by atoms with Gasteiger partial charge in [-0.2, -0.15) is 4.98 Å². The Bertz CT molecular complexity index is 339. The highest BCUT2D eigenvalue weighted by Crippen LogP contribution is 2.36. The Hall–Kier alpha value is -0.940. The van der Waals surface area contributed by atoms with Crippen molar-refractivity contribution in [2.75, 3.05) is 13.1 Å². The summed E-state index contributed by atoms with van der Waals surface area (Å²) in [6.07, 6.45) is 3.84. The Balaban J connectivity index is 1.73. The summed E-state index contributed by atoms with van der Waals surface area (Å²) in [4.78, 5) is 6.85. The van der Waals surface area contributed by atoms with Gasteiger partial charge in [-0.15, -0.1) is 0 Å². The normalized spacial score (nSPS) is 31.0. The number of nitrogens with zero attached hydrogens (tertiary/aromatic N) is 3. The molecule has 2 aliphatic rings. The molecule has 5 nitrogen and oxygen atoms in total. The summed E-state index contributed by atoms with van der Waals surface area (Å²) in [5.41, 5.74) is 5.46. The molecule has 0 saturated carbocycles. The molecule has 15 heavy (non-hydrogen) atoms. The third-order valence-electron chi connectivity index (χ3n) is 3.53. The van der Waals surface area contributed by atoms with Gasteiger partial charge in [0.25, 0.3) is 0 Å². The van der Waals surface area contributed by atoms with Crippen molar-refractivity contribution in [3.05, 3.63) is 11.7 Å². The van der Waals surface area contributed by atoms with Crippen LogP contribution in [0.2, 0.25) is 0 Å². The number of hydrogen-bond donors (Lipinski definition) is 1. The summed E-state index contributed by atoms with van der Waals surface area (Å²) in [7, 11) is 0. The van der Waals surface area contributed by atoms with Crippen molar-refractivity contribution in [3.8, 4) is 0 Å². The van der Waals surface area contributed by atoms with Gasteiger partial charge >= 0.3 is 0 Å². The quantitative estimate of drug-likeness (QED) is 0.765. The molecule has 0 spiro atoms. The van der Waals surface area contributed by atoms with Gasteiger partial charge in [0.05, 0.1) is 12.5 Å². The van der Waals surface area contributed by atoms with Crippen LogP contribution in [0.5, 0.6) is 0 Å². The van der Waals surface area contributed by atoms with E-state index in [-0.39, 0.29) is 0 Å². The molecule has 2 aliphatic heterocycles. The predicted octanol–water partition coefficient (Wildman–Crippen LogP) is 0.480. The molecule has 0 aromatic carbocycles. The molecule has 3 rings (SSSR count). The lowest BCUT2D eigenvalue weighted by molar-refractivity contribution is 0.312. The predicted molar refractivity (Wildman–Crippen MR) is 54.1 cm³/mol. The first-order chi connectivity index (χ1) is 7.36. The minimum absolute atomic E-state index is 0.364. The summed E-state index contributed by atoms with van der Waals surface area (Å²) < 4.78 is 5.24. The number of nitrogens with two attached hydrogens (primary N) is 1. The third-order valence-corrected chi connectivity index (χ3v) is 3.53. The van der Waals surface area contributed by atoms with Gasteiger partial charge in [0.15, 0.2) is 5.82 Å². The molecule has 0 radical (unpaired) electrons. The van der Waals surface area contributed by atoms with E-state index in [4.69, 9.17) is 10.3 Å². The lowest BCUT2D eigenvalue weighted by Crippen LogP contribution is -2.22. The SMILES string of the molecule is NCc1noc([C@H]2C[C@@H]3CCCN3C2)n1. The molecular formula is C10H16N4O. The fourth-order valence-electron chi connectivity index (χ4n) is 2.78. The lowest BCUT2D eigenvalue weighted by Gasteiger charge is -2.12. The average Bonchev–Trinajstić information content (AvgIpc) is 2.91. The number of fused-ring (bicyclic) bond motifs is 1. The van der Waals surface area contributed by atoms with E-state index in [1.807, 2.05) is 0 Å².